The minimum Gasteiger partial charge on any atom is -0.354 e. The third-order valence-electron chi connectivity index (χ3n) is 15.7. The fraction of sp³-hybridized carbons (Fsp3) is 0. The largest absolute Gasteiger partial charge is 0.354 e. The summed E-state index contributed by atoms with van der Waals surface area (Å²) in [6.45, 7) is 0. The molecule has 0 atom stereocenters. The highest BCUT2D eigenvalue weighted by Crippen LogP contribution is 2.57. The smallest absolute Gasteiger partial charge is 0.100 e. The molecule has 5 N–H and O–H groups in total. The molecule has 5 aromatic heterocycles. The number of aromatic amines is 5. The van der Waals surface area contributed by atoms with Crippen molar-refractivity contribution in [2.24, 2.45) is 0 Å². The topological polar surface area (TPSA) is 103 Å². The molecule has 0 saturated carbocycles. The Kier molecular flexibility index (Phi) is 8.14. The van der Waals surface area contributed by atoms with Crippen molar-refractivity contribution in [2.45, 2.75) is 0 Å². The molecular formula is C67H40N6. The fourth-order valence-corrected chi connectivity index (χ4v) is 12.6. The van der Waals surface area contributed by atoms with Gasteiger partial charge in [-0.25, -0.2) is 0 Å². The number of nitrogens with one attached hydrogen (secondary N) is 5. The van der Waals surface area contributed by atoms with E-state index >= 15 is 0 Å². The van der Waals surface area contributed by atoms with Crippen LogP contribution < -0.4 is 0 Å². The van der Waals surface area contributed by atoms with E-state index in [1.165, 1.54) is 0 Å². The Balaban J connectivity index is 1.22. The number of nitrogens with zero attached hydrogens (tertiary/aromatic N) is 1. The van der Waals surface area contributed by atoms with Gasteiger partial charge in [-0.2, -0.15) is 5.26 Å². The van der Waals surface area contributed by atoms with Crippen LogP contribution in [0.25, 0.3) is 165 Å². The van der Waals surface area contributed by atoms with Crippen molar-refractivity contribution in [1.29, 1.82) is 5.26 Å². The van der Waals surface area contributed by atoms with E-state index in [0.29, 0.717) is 5.56 Å². The molecule has 73 heavy (non-hydrogen) atoms. The Morgan fingerprint density at radius 1 is 0.219 bits per heavy atom. The van der Waals surface area contributed by atoms with Crippen LogP contribution in [0, 0.1) is 11.3 Å². The van der Waals surface area contributed by atoms with E-state index in [9.17, 15) is 5.26 Å². The molecule has 11 aromatic carbocycles. The second kappa shape index (κ2) is 15.0. The van der Waals surface area contributed by atoms with Crippen LogP contribution >= 0.6 is 0 Å². The van der Waals surface area contributed by atoms with E-state index in [1.807, 2.05) is 0 Å². The summed E-state index contributed by atoms with van der Waals surface area (Å²) >= 11 is 0. The van der Waals surface area contributed by atoms with Gasteiger partial charge in [-0.05, 0) is 30.3 Å². The van der Waals surface area contributed by atoms with Crippen LogP contribution in [0.1, 0.15) is 5.56 Å². The number of nitriles is 1. The van der Waals surface area contributed by atoms with Gasteiger partial charge in [-0.1, -0.05) is 182 Å². The van der Waals surface area contributed by atoms with Crippen LogP contribution in [-0.4, -0.2) is 24.9 Å². The van der Waals surface area contributed by atoms with E-state index in [0.717, 1.165) is 165 Å². The monoisotopic (exact) mass is 928 g/mol. The van der Waals surface area contributed by atoms with Gasteiger partial charge in [0.1, 0.15) is 6.07 Å². The van der Waals surface area contributed by atoms with Crippen molar-refractivity contribution in [3.05, 3.63) is 218 Å². The highest BCUT2D eigenvalue weighted by Gasteiger charge is 2.33. The Hall–Kier alpha value is -10.1. The van der Waals surface area contributed by atoms with Gasteiger partial charge in [0.05, 0.1) is 33.1 Å². The van der Waals surface area contributed by atoms with Crippen molar-refractivity contribution in [2.75, 3.05) is 0 Å². The maximum absolute atomic E-state index is 12.6. The lowest BCUT2D eigenvalue weighted by Gasteiger charge is -2.27. The molecule has 0 fully saturated rings. The number of benzene rings is 11. The minimum atomic E-state index is 0.580. The molecular weight excluding hydrogens is 889 g/mol. The molecule has 0 spiro atoms. The highest BCUT2D eigenvalue weighted by molar-refractivity contribution is 6.26. The van der Waals surface area contributed by atoms with Gasteiger partial charge in [0.25, 0.3) is 0 Å². The molecule has 6 nitrogen and oxygen atoms in total. The molecule has 0 radical (unpaired) electrons. The summed E-state index contributed by atoms with van der Waals surface area (Å²) in [5, 5.41) is 23.8. The number of rotatable bonds is 5. The van der Waals surface area contributed by atoms with E-state index in [2.05, 4.69) is 243 Å². The standard InChI is InChI=1S/C67H40N6/c68-36-52-58(47-26-11-21-42-37-16-1-6-31-53(37)69-63(42)47)60(49-28-13-23-44-39-18-3-8-33-55(39)71-65(44)49)62(51-30-15-25-46-41-20-5-10-35-57(41)73-67(46)51)61(50-29-14-24-45-40-19-4-9-34-56(40)72-66(45)50)59(52)48-27-12-22-43-38-17-2-7-32-54(38)70-64(43)48/h1-35,69-73H. The van der Waals surface area contributed by atoms with Crippen LogP contribution in [0.15, 0.2) is 212 Å². The second-order valence-corrected chi connectivity index (χ2v) is 19.4. The first kappa shape index (κ1) is 39.7. The van der Waals surface area contributed by atoms with Crippen LogP contribution in [0.3, 0.4) is 0 Å². The summed E-state index contributed by atoms with van der Waals surface area (Å²) in [6.07, 6.45) is 0. The summed E-state index contributed by atoms with van der Waals surface area (Å²) in [5.74, 6) is 0. The van der Waals surface area contributed by atoms with Crippen molar-refractivity contribution in [3.63, 3.8) is 0 Å². The fourth-order valence-electron chi connectivity index (χ4n) is 12.6. The zero-order valence-corrected chi connectivity index (χ0v) is 39.2. The lowest BCUT2D eigenvalue weighted by atomic mass is 9.74. The Morgan fingerprint density at radius 2 is 0.425 bits per heavy atom. The van der Waals surface area contributed by atoms with Gasteiger partial charge in [0.15, 0.2) is 0 Å². The zero-order valence-electron chi connectivity index (χ0n) is 39.2. The van der Waals surface area contributed by atoms with Crippen LogP contribution in [0.5, 0.6) is 0 Å². The summed E-state index contributed by atoms with van der Waals surface area (Å²) < 4.78 is 0. The summed E-state index contributed by atoms with van der Waals surface area (Å²) in [6, 6.07) is 78.9. The van der Waals surface area contributed by atoms with Gasteiger partial charge in [0.2, 0.25) is 0 Å². The number of hydrogen-bond donors (Lipinski definition) is 5. The Labute approximate surface area is 416 Å². The molecule has 6 heteroatoms. The maximum Gasteiger partial charge on any atom is 0.100 e. The number of fused-ring (bicyclic) bond motifs is 15. The first-order valence-electron chi connectivity index (χ1n) is 24.8. The highest BCUT2D eigenvalue weighted by atomic mass is 14.7. The molecule has 0 amide bonds. The van der Waals surface area contributed by atoms with Gasteiger partial charge >= 0.3 is 0 Å². The second-order valence-electron chi connectivity index (χ2n) is 19.4. The average Bonchev–Trinajstić information content (AvgIpc) is 4.30. The predicted molar refractivity (Wildman–Crippen MR) is 305 cm³/mol. The molecule has 0 unspecified atom stereocenters. The van der Waals surface area contributed by atoms with Crippen molar-refractivity contribution in [1.82, 2.24) is 24.9 Å². The van der Waals surface area contributed by atoms with E-state index in [4.69, 9.17) is 0 Å². The Morgan fingerprint density at radius 3 is 0.671 bits per heavy atom. The molecule has 0 saturated heterocycles. The van der Waals surface area contributed by atoms with E-state index in [-0.39, 0.29) is 0 Å². The molecule has 0 aliphatic rings. The predicted octanol–water partition coefficient (Wildman–Crippen LogP) is 18.1. The normalized spacial score (nSPS) is 12.1. The molecule has 0 aliphatic carbocycles. The van der Waals surface area contributed by atoms with Crippen molar-refractivity contribution in [3.8, 4) is 61.7 Å². The van der Waals surface area contributed by atoms with Crippen LogP contribution in [0.2, 0.25) is 0 Å². The first-order valence-corrected chi connectivity index (χ1v) is 24.8. The molecule has 0 bridgehead atoms. The van der Waals surface area contributed by atoms with Crippen LogP contribution in [0.4, 0.5) is 0 Å². The quantitative estimate of drug-likeness (QED) is 0.117. The van der Waals surface area contributed by atoms with Crippen LogP contribution in [-0.2, 0) is 0 Å². The number of hydrogen-bond acceptors (Lipinski definition) is 1. The number of para-hydroxylation sites is 10. The van der Waals surface area contributed by atoms with Gasteiger partial charge in [-0.15, -0.1) is 0 Å². The third kappa shape index (κ3) is 5.50. The third-order valence-corrected chi connectivity index (χ3v) is 15.7. The maximum atomic E-state index is 12.6. The Bertz CT molecular complexity index is 4810. The first-order chi connectivity index (χ1) is 36.2. The lowest BCUT2D eigenvalue weighted by molar-refractivity contribution is 1.45. The van der Waals surface area contributed by atoms with Crippen molar-refractivity contribution >= 4 is 109 Å². The average molecular weight is 929 g/mol. The molecule has 0 aliphatic heterocycles. The van der Waals surface area contributed by atoms with Gasteiger partial charge < -0.3 is 24.9 Å². The SMILES string of the molecule is N#Cc1c(-c2cccc3c2[nH]c2ccccc23)c(-c2cccc3c2[nH]c2ccccc23)c(-c2cccc3c2[nH]c2ccccc23)c(-c2cccc3c2[nH]c2ccccc23)c1-c1cccc2c1[nH]c1ccccc12. The van der Waals surface area contributed by atoms with Gasteiger partial charge in [0, 0.05) is 137 Å². The summed E-state index contributed by atoms with van der Waals surface area (Å²) in [5.41, 5.74) is 20.3. The molecule has 5 heterocycles. The van der Waals surface area contributed by atoms with E-state index < -0.39 is 0 Å². The molecule has 16 aromatic rings. The molecule has 16 rings (SSSR count). The summed E-state index contributed by atoms with van der Waals surface area (Å²) in [4.78, 5) is 19.6. The zero-order chi connectivity index (χ0) is 47.9. The summed E-state index contributed by atoms with van der Waals surface area (Å²) in [7, 11) is 0. The number of H-pyrrole nitrogens is 5. The van der Waals surface area contributed by atoms with Gasteiger partial charge in [-0.3, -0.25) is 0 Å². The van der Waals surface area contributed by atoms with E-state index in [1.54, 1.807) is 0 Å². The minimum absolute atomic E-state index is 0.580. The lowest BCUT2D eigenvalue weighted by Crippen LogP contribution is -2.04. The van der Waals surface area contributed by atoms with Crippen molar-refractivity contribution < 1.29 is 0 Å². The number of aromatic nitrogens is 5. The molecule has 338 valence electrons.